The van der Waals surface area contributed by atoms with Crippen LogP contribution in [-0.2, 0) is 6.54 Å². The van der Waals surface area contributed by atoms with Gasteiger partial charge in [0.15, 0.2) is 5.13 Å². The molecule has 0 aliphatic heterocycles. The number of benzene rings is 1. The lowest BCUT2D eigenvalue weighted by Gasteiger charge is -2.05. The maximum Gasteiger partial charge on any atom is 0.187 e. The van der Waals surface area contributed by atoms with Gasteiger partial charge in [0.05, 0.1) is 0 Å². The van der Waals surface area contributed by atoms with Crippen LogP contribution in [0.25, 0.3) is 0 Å². The Hall–Kier alpha value is -1.39. The molecule has 3 nitrogen and oxygen atoms in total. The van der Waals surface area contributed by atoms with E-state index in [4.69, 9.17) is 5.73 Å². The molecule has 0 saturated heterocycles. The molecular formula is C11H13N3S. The molecule has 2 aromatic rings. The number of nitrogens with zero attached hydrogens (tertiary/aromatic N) is 1. The first kappa shape index (κ1) is 10.1. The van der Waals surface area contributed by atoms with Crippen molar-refractivity contribution in [2.24, 2.45) is 5.73 Å². The summed E-state index contributed by atoms with van der Waals surface area (Å²) in [6, 6.07) is 8.14. The molecule has 4 heteroatoms. The van der Waals surface area contributed by atoms with Gasteiger partial charge in [-0.25, -0.2) is 4.98 Å². The highest BCUT2D eigenvalue weighted by molar-refractivity contribution is 7.15. The van der Waals surface area contributed by atoms with Crippen LogP contribution in [0.3, 0.4) is 0 Å². The van der Waals surface area contributed by atoms with E-state index in [0.29, 0.717) is 6.54 Å². The highest BCUT2D eigenvalue weighted by atomic mass is 32.1. The summed E-state index contributed by atoms with van der Waals surface area (Å²) in [5, 5.41) is 4.17. The number of para-hydroxylation sites is 1. The Labute approximate surface area is 93.0 Å². The van der Waals surface area contributed by atoms with Gasteiger partial charge in [-0.3, -0.25) is 0 Å². The van der Waals surface area contributed by atoms with Crippen LogP contribution in [0.4, 0.5) is 10.8 Å². The van der Waals surface area contributed by atoms with E-state index in [0.717, 1.165) is 15.7 Å². The Morgan fingerprint density at radius 1 is 1.40 bits per heavy atom. The zero-order valence-corrected chi connectivity index (χ0v) is 9.34. The second-order valence-electron chi connectivity index (χ2n) is 3.28. The summed E-state index contributed by atoms with van der Waals surface area (Å²) in [4.78, 5) is 5.34. The summed E-state index contributed by atoms with van der Waals surface area (Å²) in [7, 11) is 0. The van der Waals surface area contributed by atoms with Crippen molar-refractivity contribution < 1.29 is 0 Å². The molecule has 0 spiro atoms. The van der Waals surface area contributed by atoms with Crippen molar-refractivity contribution in [3.05, 3.63) is 40.9 Å². The fraction of sp³-hybridized carbons (Fsp3) is 0.182. The van der Waals surface area contributed by atoms with Gasteiger partial charge in [0.1, 0.15) is 0 Å². The van der Waals surface area contributed by atoms with E-state index in [1.807, 2.05) is 24.4 Å². The lowest BCUT2D eigenvalue weighted by Crippen LogP contribution is -1.91. The molecule has 0 unspecified atom stereocenters. The topological polar surface area (TPSA) is 50.9 Å². The van der Waals surface area contributed by atoms with Crippen molar-refractivity contribution in [3.63, 3.8) is 0 Å². The quantitative estimate of drug-likeness (QED) is 0.834. The van der Waals surface area contributed by atoms with Crippen LogP contribution < -0.4 is 11.1 Å². The van der Waals surface area contributed by atoms with E-state index in [2.05, 4.69) is 23.3 Å². The standard InChI is InChI=1S/C11H13N3S/c1-8-4-2-3-5-10(8)14-11-13-7-9(6-12)15-11/h2-5,7H,6,12H2,1H3,(H,13,14). The van der Waals surface area contributed by atoms with Gasteiger partial charge in [-0.15, -0.1) is 11.3 Å². The highest BCUT2D eigenvalue weighted by Crippen LogP contribution is 2.23. The molecule has 78 valence electrons. The average Bonchev–Trinajstić information content (AvgIpc) is 2.69. The van der Waals surface area contributed by atoms with Gasteiger partial charge in [0, 0.05) is 23.3 Å². The molecule has 1 aromatic carbocycles. The molecule has 0 radical (unpaired) electrons. The third-order valence-corrected chi connectivity index (χ3v) is 3.08. The SMILES string of the molecule is Cc1ccccc1Nc1ncc(CN)s1. The Balaban J connectivity index is 2.18. The van der Waals surface area contributed by atoms with Crippen molar-refractivity contribution in [2.75, 3.05) is 5.32 Å². The van der Waals surface area contributed by atoms with Crippen LogP contribution in [0.1, 0.15) is 10.4 Å². The van der Waals surface area contributed by atoms with Crippen LogP contribution in [-0.4, -0.2) is 4.98 Å². The molecule has 0 saturated carbocycles. The van der Waals surface area contributed by atoms with Crippen LogP contribution in [0.2, 0.25) is 0 Å². The van der Waals surface area contributed by atoms with Crippen molar-refractivity contribution >= 4 is 22.2 Å². The van der Waals surface area contributed by atoms with E-state index in [1.165, 1.54) is 5.56 Å². The highest BCUT2D eigenvalue weighted by Gasteiger charge is 2.02. The fourth-order valence-corrected chi connectivity index (χ4v) is 1.99. The molecule has 2 rings (SSSR count). The van der Waals surface area contributed by atoms with E-state index in [1.54, 1.807) is 11.3 Å². The number of hydrogen-bond donors (Lipinski definition) is 2. The Morgan fingerprint density at radius 2 is 2.20 bits per heavy atom. The zero-order valence-electron chi connectivity index (χ0n) is 8.53. The fourth-order valence-electron chi connectivity index (χ4n) is 1.29. The minimum absolute atomic E-state index is 0.549. The molecule has 3 N–H and O–H groups in total. The third-order valence-electron chi connectivity index (χ3n) is 2.14. The molecule has 0 atom stereocenters. The number of nitrogens with one attached hydrogen (secondary N) is 1. The van der Waals surface area contributed by atoms with Crippen LogP contribution in [0.5, 0.6) is 0 Å². The maximum absolute atomic E-state index is 5.53. The van der Waals surface area contributed by atoms with Gasteiger partial charge in [0.2, 0.25) is 0 Å². The van der Waals surface area contributed by atoms with Gasteiger partial charge in [-0.1, -0.05) is 18.2 Å². The third kappa shape index (κ3) is 2.34. The molecule has 15 heavy (non-hydrogen) atoms. The normalized spacial score (nSPS) is 10.3. The second kappa shape index (κ2) is 4.42. The van der Waals surface area contributed by atoms with Gasteiger partial charge < -0.3 is 11.1 Å². The number of anilines is 2. The van der Waals surface area contributed by atoms with Gasteiger partial charge >= 0.3 is 0 Å². The lowest BCUT2D eigenvalue weighted by molar-refractivity contribution is 1.10. The summed E-state index contributed by atoms with van der Waals surface area (Å²) in [6.07, 6.45) is 1.81. The number of thiazole rings is 1. The number of aromatic nitrogens is 1. The second-order valence-corrected chi connectivity index (χ2v) is 4.39. The smallest absolute Gasteiger partial charge is 0.187 e. The minimum Gasteiger partial charge on any atom is -0.331 e. The first-order valence-electron chi connectivity index (χ1n) is 4.77. The molecule has 1 aromatic heterocycles. The van der Waals surface area contributed by atoms with Crippen molar-refractivity contribution in [3.8, 4) is 0 Å². The molecule has 0 aliphatic rings. The number of aryl methyl sites for hydroxylation is 1. The van der Waals surface area contributed by atoms with Crippen molar-refractivity contribution in [2.45, 2.75) is 13.5 Å². The molecule has 0 bridgehead atoms. The molecule has 0 aliphatic carbocycles. The van der Waals surface area contributed by atoms with Crippen LogP contribution in [0, 0.1) is 6.92 Å². The molecular weight excluding hydrogens is 206 g/mol. The van der Waals surface area contributed by atoms with Crippen molar-refractivity contribution in [1.82, 2.24) is 4.98 Å². The summed E-state index contributed by atoms with van der Waals surface area (Å²) >= 11 is 1.59. The van der Waals surface area contributed by atoms with Gasteiger partial charge in [-0.2, -0.15) is 0 Å². The lowest BCUT2D eigenvalue weighted by atomic mass is 10.2. The molecule has 0 amide bonds. The van der Waals surface area contributed by atoms with E-state index < -0.39 is 0 Å². The first-order chi connectivity index (χ1) is 7.29. The van der Waals surface area contributed by atoms with Crippen molar-refractivity contribution in [1.29, 1.82) is 0 Å². The maximum atomic E-state index is 5.53. The summed E-state index contributed by atoms with van der Waals surface area (Å²) in [6.45, 7) is 2.62. The predicted molar refractivity (Wildman–Crippen MR) is 64.5 cm³/mol. The minimum atomic E-state index is 0.549. The average molecular weight is 219 g/mol. The molecule has 1 heterocycles. The van der Waals surface area contributed by atoms with Crippen LogP contribution in [0.15, 0.2) is 30.5 Å². The largest absolute Gasteiger partial charge is 0.331 e. The van der Waals surface area contributed by atoms with Gasteiger partial charge in [0.25, 0.3) is 0 Å². The first-order valence-corrected chi connectivity index (χ1v) is 5.58. The Morgan fingerprint density at radius 3 is 2.87 bits per heavy atom. The predicted octanol–water partition coefficient (Wildman–Crippen LogP) is 2.65. The summed E-state index contributed by atoms with van der Waals surface area (Å²) in [5.41, 5.74) is 7.83. The van der Waals surface area contributed by atoms with E-state index in [9.17, 15) is 0 Å². The van der Waals surface area contributed by atoms with E-state index in [-0.39, 0.29) is 0 Å². The zero-order chi connectivity index (χ0) is 10.7. The number of rotatable bonds is 3. The Bertz CT molecular complexity index is 451. The number of hydrogen-bond acceptors (Lipinski definition) is 4. The number of nitrogens with two attached hydrogens (primary N) is 1. The summed E-state index contributed by atoms with van der Waals surface area (Å²) in [5.74, 6) is 0. The van der Waals surface area contributed by atoms with E-state index >= 15 is 0 Å². The van der Waals surface area contributed by atoms with Crippen LogP contribution >= 0.6 is 11.3 Å². The monoisotopic (exact) mass is 219 g/mol. The summed E-state index contributed by atoms with van der Waals surface area (Å²) < 4.78 is 0. The Kier molecular flexibility index (Phi) is 2.99. The van der Waals surface area contributed by atoms with Gasteiger partial charge in [-0.05, 0) is 18.6 Å². The molecule has 0 fully saturated rings.